The van der Waals surface area contributed by atoms with E-state index < -0.39 is 6.09 Å². The topological polar surface area (TPSA) is 78.4 Å². The second-order valence-electron chi connectivity index (χ2n) is 2.49. The molecule has 2 amide bonds. The highest BCUT2D eigenvalue weighted by Crippen LogP contribution is 2.04. The summed E-state index contributed by atoms with van der Waals surface area (Å²) in [4.78, 5) is 20.6. The zero-order valence-electron chi connectivity index (χ0n) is 5.96. The first kappa shape index (κ1) is 7.84. The molecule has 5 nitrogen and oxygen atoms in total. The molecule has 1 unspecified atom stereocenters. The zero-order chi connectivity index (χ0) is 8.27. The molecule has 0 aromatic rings. The number of hydrogen-bond donors (Lipinski definition) is 3. The zero-order valence-corrected chi connectivity index (χ0v) is 5.96. The van der Waals surface area contributed by atoms with Gasteiger partial charge in [0.1, 0.15) is 0 Å². The third-order valence-electron chi connectivity index (χ3n) is 1.58. The first-order valence-corrected chi connectivity index (χ1v) is 3.44. The monoisotopic (exact) mass is 158 g/mol. The molecule has 0 spiro atoms. The van der Waals surface area contributed by atoms with E-state index in [9.17, 15) is 9.59 Å². The number of rotatable bonds is 2. The van der Waals surface area contributed by atoms with E-state index in [0.717, 1.165) is 6.42 Å². The number of hydrogen-bond acceptors (Lipinski definition) is 2. The van der Waals surface area contributed by atoms with Crippen LogP contribution in [0.4, 0.5) is 4.79 Å². The van der Waals surface area contributed by atoms with Gasteiger partial charge in [-0.15, -0.1) is 0 Å². The van der Waals surface area contributed by atoms with Crippen LogP contribution in [0.15, 0.2) is 0 Å². The van der Waals surface area contributed by atoms with Crippen LogP contribution in [-0.4, -0.2) is 29.7 Å². The minimum absolute atomic E-state index is 0.00203. The van der Waals surface area contributed by atoms with Crippen molar-refractivity contribution in [3.63, 3.8) is 0 Å². The maximum absolute atomic E-state index is 10.6. The summed E-state index contributed by atoms with van der Waals surface area (Å²) < 4.78 is 0. The molecular weight excluding hydrogens is 148 g/mol. The summed E-state index contributed by atoms with van der Waals surface area (Å²) in [7, 11) is 0. The van der Waals surface area contributed by atoms with Crippen LogP contribution in [0.5, 0.6) is 0 Å². The van der Waals surface area contributed by atoms with Crippen LogP contribution in [0, 0.1) is 0 Å². The lowest BCUT2D eigenvalue weighted by Gasteiger charge is -2.07. The molecule has 0 aromatic carbocycles. The normalized spacial score (nSPS) is 22.9. The summed E-state index contributed by atoms with van der Waals surface area (Å²) in [6.45, 7) is 0.307. The van der Waals surface area contributed by atoms with E-state index in [2.05, 4.69) is 10.6 Å². The number of carboxylic acid groups (broad SMARTS) is 1. The molecule has 1 aliphatic heterocycles. The van der Waals surface area contributed by atoms with E-state index in [4.69, 9.17) is 5.11 Å². The van der Waals surface area contributed by atoms with Crippen molar-refractivity contribution in [2.45, 2.75) is 18.9 Å². The van der Waals surface area contributed by atoms with E-state index in [1.165, 1.54) is 0 Å². The van der Waals surface area contributed by atoms with Gasteiger partial charge in [-0.3, -0.25) is 4.79 Å². The Hall–Kier alpha value is -1.26. The van der Waals surface area contributed by atoms with E-state index >= 15 is 0 Å². The molecule has 0 bridgehead atoms. The van der Waals surface area contributed by atoms with E-state index in [0.29, 0.717) is 13.0 Å². The van der Waals surface area contributed by atoms with Crippen molar-refractivity contribution >= 4 is 12.0 Å². The SMILES string of the molecule is O=C(O)NCC1CCC(=O)N1. The highest BCUT2D eigenvalue weighted by atomic mass is 16.4. The molecule has 0 aromatic heterocycles. The first-order chi connectivity index (χ1) is 5.18. The molecule has 1 saturated heterocycles. The van der Waals surface area contributed by atoms with Crippen molar-refractivity contribution in [2.24, 2.45) is 0 Å². The van der Waals surface area contributed by atoms with Gasteiger partial charge in [-0.2, -0.15) is 0 Å². The van der Waals surface area contributed by atoms with Gasteiger partial charge in [0.25, 0.3) is 0 Å². The minimum Gasteiger partial charge on any atom is -0.465 e. The molecular formula is C6H10N2O3. The van der Waals surface area contributed by atoms with Crippen molar-refractivity contribution in [2.75, 3.05) is 6.54 Å². The van der Waals surface area contributed by atoms with Crippen molar-refractivity contribution in [3.8, 4) is 0 Å². The third kappa shape index (κ3) is 2.45. The average Bonchev–Trinajstić information content (AvgIpc) is 2.31. The molecule has 3 N–H and O–H groups in total. The summed E-state index contributed by atoms with van der Waals surface area (Å²) in [5, 5.41) is 13.1. The smallest absolute Gasteiger partial charge is 0.404 e. The Balaban J connectivity index is 2.18. The van der Waals surface area contributed by atoms with Crippen LogP contribution < -0.4 is 10.6 Å². The maximum Gasteiger partial charge on any atom is 0.404 e. The summed E-state index contributed by atoms with van der Waals surface area (Å²) >= 11 is 0. The second-order valence-corrected chi connectivity index (χ2v) is 2.49. The maximum atomic E-state index is 10.6. The van der Waals surface area contributed by atoms with Gasteiger partial charge in [-0.05, 0) is 6.42 Å². The van der Waals surface area contributed by atoms with Gasteiger partial charge in [0.2, 0.25) is 5.91 Å². The largest absolute Gasteiger partial charge is 0.465 e. The average molecular weight is 158 g/mol. The molecule has 62 valence electrons. The molecule has 1 rings (SSSR count). The number of nitrogens with one attached hydrogen (secondary N) is 2. The van der Waals surface area contributed by atoms with Crippen molar-refractivity contribution < 1.29 is 14.7 Å². The Morgan fingerprint density at radius 2 is 2.55 bits per heavy atom. The second kappa shape index (κ2) is 3.23. The summed E-state index contributed by atoms with van der Waals surface area (Å²) in [6.07, 6.45) is 0.177. The molecule has 5 heteroatoms. The van der Waals surface area contributed by atoms with Gasteiger partial charge in [-0.25, -0.2) is 4.79 Å². The lowest BCUT2D eigenvalue weighted by molar-refractivity contribution is -0.119. The highest BCUT2D eigenvalue weighted by molar-refractivity contribution is 5.78. The predicted octanol–water partition coefficient (Wildman–Crippen LogP) is -0.467. The van der Waals surface area contributed by atoms with Gasteiger partial charge in [-0.1, -0.05) is 0 Å². The van der Waals surface area contributed by atoms with Gasteiger partial charge in [0, 0.05) is 19.0 Å². The van der Waals surface area contributed by atoms with E-state index in [1.807, 2.05) is 0 Å². The molecule has 0 saturated carbocycles. The minimum atomic E-state index is -1.05. The fourth-order valence-corrected chi connectivity index (χ4v) is 1.04. The van der Waals surface area contributed by atoms with E-state index in [-0.39, 0.29) is 11.9 Å². The first-order valence-electron chi connectivity index (χ1n) is 3.44. The molecule has 0 aliphatic carbocycles. The summed E-state index contributed by atoms with van der Waals surface area (Å²) in [6, 6.07) is -0.0152. The number of carbonyl (C=O) groups excluding carboxylic acids is 1. The quantitative estimate of drug-likeness (QED) is 0.508. The van der Waals surface area contributed by atoms with Crippen LogP contribution in [0.2, 0.25) is 0 Å². The van der Waals surface area contributed by atoms with E-state index in [1.54, 1.807) is 0 Å². The summed E-state index contributed by atoms with van der Waals surface area (Å²) in [5.74, 6) is 0.00203. The standard InChI is InChI=1S/C6H10N2O3/c9-5-2-1-4(8-5)3-7-6(10)11/h4,7H,1-3H2,(H,8,9)(H,10,11). The van der Waals surface area contributed by atoms with Crippen LogP contribution in [0.1, 0.15) is 12.8 Å². The Morgan fingerprint density at radius 3 is 3.00 bits per heavy atom. The highest BCUT2D eigenvalue weighted by Gasteiger charge is 2.20. The number of amides is 2. The van der Waals surface area contributed by atoms with Crippen molar-refractivity contribution in [1.29, 1.82) is 0 Å². The van der Waals surface area contributed by atoms with Gasteiger partial charge in [0.05, 0.1) is 0 Å². The Labute approximate surface area is 63.8 Å². The number of carbonyl (C=O) groups is 2. The predicted molar refractivity (Wildman–Crippen MR) is 37.2 cm³/mol. The van der Waals surface area contributed by atoms with Crippen molar-refractivity contribution in [3.05, 3.63) is 0 Å². The summed E-state index contributed by atoms with van der Waals surface area (Å²) in [5.41, 5.74) is 0. The third-order valence-corrected chi connectivity index (χ3v) is 1.58. The Bertz CT molecular complexity index is 181. The molecule has 1 heterocycles. The lowest BCUT2D eigenvalue weighted by atomic mass is 10.2. The lowest BCUT2D eigenvalue weighted by Crippen LogP contribution is -2.37. The van der Waals surface area contributed by atoms with Gasteiger partial charge >= 0.3 is 6.09 Å². The van der Waals surface area contributed by atoms with Gasteiger partial charge < -0.3 is 15.7 Å². The van der Waals surface area contributed by atoms with Crippen LogP contribution in [0.3, 0.4) is 0 Å². The van der Waals surface area contributed by atoms with Crippen molar-refractivity contribution in [1.82, 2.24) is 10.6 Å². The Morgan fingerprint density at radius 1 is 1.82 bits per heavy atom. The van der Waals surface area contributed by atoms with Gasteiger partial charge in [0.15, 0.2) is 0 Å². The van der Waals surface area contributed by atoms with Crippen LogP contribution >= 0.6 is 0 Å². The molecule has 11 heavy (non-hydrogen) atoms. The fraction of sp³-hybridized carbons (Fsp3) is 0.667. The fourth-order valence-electron chi connectivity index (χ4n) is 1.04. The molecule has 1 atom stereocenters. The molecule has 0 radical (unpaired) electrons. The Kier molecular flexibility index (Phi) is 2.30. The molecule has 1 fully saturated rings. The van der Waals surface area contributed by atoms with Crippen LogP contribution in [0.25, 0.3) is 0 Å². The van der Waals surface area contributed by atoms with Crippen LogP contribution in [-0.2, 0) is 4.79 Å². The molecule has 1 aliphatic rings.